The van der Waals surface area contributed by atoms with Crippen LogP contribution in [0.5, 0.6) is 0 Å². The molecule has 2 N–H and O–H groups in total. The highest BCUT2D eigenvalue weighted by atomic mass is 19.1. The van der Waals surface area contributed by atoms with Crippen molar-refractivity contribution < 1.29 is 23.5 Å². The molecule has 3 saturated heterocycles. The Morgan fingerprint density at radius 3 is 2.49 bits per heavy atom. The van der Waals surface area contributed by atoms with E-state index in [1.54, 1.807) is 12.1 Å². The molecule has 1 aromatic rings. The van der Waals surface area contributed by atoms with E-state index in [-0.39, 0.29) is 35.4 Å². The minimum atomic E-state index is -0.520. The van der Waals surface area contributed by atoms with Crippen molar-refractivity contribution in [2.24, 2.45) is 5.41 Å². The van der Waals surface area contributed by atoms with Gasteiger partial charge in [0, 0.05) is 50.1 Å². The molecule has 3 aliphatic heterocycles. The summed E-state index contributed by atoms with van der Waals surface area (Å²) in [6.45, 7) is 10.7. The fraction of sp³-hybridized carbons (Fsp3) is 0.679. The number of imide groups is 1. The van der Waals surface area contributed by atoms with Crippen LogP contribution in [0.3, 0.4) is 0 Å². The summed E-state index contributed by atoms with van der Waals surface area (Å²) in [6, 6.07) is 4.49. The van der Waals surface area contributed by atoms with Gasteiger partial charge in [0.2, 0.25) is 11.8 Å². The summed E-state index contributed by atoms with van der Waals surface area (Å²) >= 11 is 0. The highest BCUT2D eigenvalue weighted by Crippen LogP contribution is 2.43. The Morgan fingerprint density at radius 2 is 1.81 bits per heavy atom. The van der Waals surface area contributed by atoms with Crippen LogP contribution in [-0.2, 0) is 19.1 Å². The molecule has 1 unspecified atom stereocenters. The summed E-state index contributed by atoms with van der Waals surface area (Å²) in [5.41, 5.74) is 1.03. The van der Waals surface area contributed by atoms with E-state index in [1.807, 2.05) is 20.8 Å². The van der Waals surface area contributed by atoms with Gasteiger partial charge in [0.25, 0.3) is 0 Å². The lowest BCUT2D eigenvalue weighted by molar-refractivity contribution is -0.155. The number of carbonyl (C=O) groups excluding carboxylic acids is 3. The zero-order chi connectivity index (χ0) is 26.6. The quantitative estimate of drug-likeness (QED) is 0.262. The summed E-state index contributed by atoms with van der Waals surface area (Å²) in [4.78, 5) is 39.5. The molecule has 1 spiro atoms. The molecule has 37 heavy (non-hydrogen) atoms. The molecule has 2 amide bonds. The second-order valence-electron chi connectivity index (χ2n) is 12.0. The van der Waals surface area contributed by atoms with Gasteiger partial charge in [-0.1, -0.05) is 19.3 Å². The maximum Gasteiger partial charge on any atom is 0.306 e. The van der Waals surface area contributed by atoms with Gasteiger partial charge >= 0.3 is 5.97 Å². The third kappa shape index (κ3) is 7.43. The van der Waals surface area contributed by atoms with E-state index < -0.39 is 11.6 Å². The van der Waals surface area contributed by atoms with Crippen molar-refractivity contribution in [1.29, 1.82) is 0 Å². The summed E-state index contributed by atoms with van der Waals surface area (Å²) in [7, 11) is 0. The third-order valence-electron chi connectivity index (χ3n) is 7.31. The van der Waals surface area contributed by atoms with Gasteiger partial charge in [-0.25, -0.2) is 4.39 Å². The second-order valence-corrected chi connectivity index (χ2v) is 12.0. The van der Waals surface area contributed by atoms with Crippen molar-refractivity contribution in [2.45, 2.75) is 83.8 Å². The number of amides is 2. The number of carbonyl (C=O) groups is 3. The van der Waals surface area contributed by atoms with E-state index in [1.165, 1.54) is 18.9 Å². The van der Waals surface area contributed by atoms with Crippen LogP contribution in [0.2, 0.25) is 0 Å². The number of nitrogens with zero attached hydrogens (tertiary/aromatic N) is 2. The molecular formula is C28H41FN4O4. The van der Waals surface area contributed by atoms with Crippen molar-refractivity contribution in [2.75, 3.05) is 42.9 Å². The number of unbranched alkanes of at least 4 members (excludes halogenated alkanes) is 4. The number of benzene rings is 1. The van der Waals surface area contributed by atoms with Crippen molar-refractivity contribution >= 4 is 29.2 Å². The van der Waals surface area contributed by atoms with Crippen molar-refractivity contribution in [1.82, 2.24) is 10.2 Å². The zero-order valence-corrected chi connectivity index (χ0v) is 22.4. The number of hydrogen-bond acceptors (Lipinski definition) is 7. The number of piperidine rings is 1. The maximum absolute atomic E-state index is 14.8. The Hall–Kier alpha value is -2.68. The van der Waals surface area contributed by atoms with Crippen LogP contribution >= 0.6 is 0 Å². The molecule has 1 atom stereocenters. The number of halogens is 1. The molecule has 3 heterocycles. The summed E-state index contributed by atoms with van der Waals surface area (Å²) in [6.07, 6.45) is 6.63. The van der Waals surface area contributed by atoms with Crippen LogP contribution in [0.4, 0.5) is 15.8 Å². The van der Waals surface area contributed by atoms with Crippen LogP contribution < -0.4 is 15.5 Å². The first-order chi connectivity index (χ1) is 17.5. The van der Waals surface area contributed by atoms with Crippen LogP contribution in [0, 0.1) is 11.2 Å². The predicted octanol–water partition coefficient (Wildman–Crippen LogP) is 3.85. The summed E-state index contributed by atoms with van der Waals surface area (Å²) < 4.78 is 20.2. The van der Waals surface area contributed by atoms with Gasteiger partial charge in [0.15, 0.2) is 0 Å². The molecule has 3 fully saturated rings. The molecule has 3 aliphatic rings. The van der Waals surface area contributed by atoms with E-state index in [0.717, 1.165) is 52.0 Å². The monoisotopic (exact) mass is 516 g/mol. The van der Waals surface area contributed by atoms with Crippen LogP contribution in [-0.4, -0.2) is 67.1 Å². The van der Waals surface area contributed by atoms with Crippen molar-refractivity contribution in [3.05, 3.63) is 24.0 Å². The lowest BCUT2D eigenvalue weighted by Gasteiger charge is -2.61. The molecule has 0 bridgehead atoms. The number of hydrogen-bond donors (Lipinski definition) is 2. The number of ether oxygens (including phenoxy) is 1. The van der Waals surface area contributed by atoms with E-state index in [4.69, 9.17) is 4.74 Å². The smallest absolute Gasteiger partial charge is 0.306 e. The average molecular weight is 517 g/mol. The summed E-state index contributed by atoms with van der Waals surface area (Å²) in [5.74, 6) is -1.03. The maximum atomic E-state index is 14.8. The van der Waals surface area contributed by atoms with Crippen molar-refractivity contribution in [3.8, 4) is 0 Å². The normalized spacial score (nSPS) is 21.3. The standard InChI is InChI=1S/C28H41FN4O4/c1-27(2,3)37-25(35)9-7-5-4-6-8-14-32-16-28(17-32)18-33(19-28)23-12-10-20(15-21(23)29)30-22-11-13-24(34)31-26(22)36/h10,12,15,22,30H,4-9,11,13-14,16-19H2,1-3H3,(H,31,34,36). The fourth-order valence-electron chi connectivity index (χ4n) is 5.61. The van der Waals surface area contributed by atoms with Gasteiger partial charge in [-0.15, -0.1) is 0 Å². The minimum Gasteiger partial charge on any atom is -0.460 e. The molecule has 9 heteroatoms. The highest BCUT2D eigenvalue weighted by molar-refractivity contribution is 6.01. The van der Waals surface area contributed by atoms with Crippen LogP contribution in [0.25, 0.3) is 0 Å². The van der Waals surface area contributed by atoms with E-state index >= 15 is 0 Å². The highest BCUT2D eigenvalue weighted by Gasteiger charge is 2.51. The SMILES string of the molecule is CC(C)(C)OC(=O)CCCCCCCN1CC2(C1)CN(c1ccc(NC3CCC(=O)NC3=O)cc1F)C2. The van der Waals surface area contributed by atoms with E-state index in [0.29, 0.717) is 24.2 Å². The Balaban J connectivity index is 1.08. The van der Waals surface area contributed by atoms with Gasteiger partial charge in [-0.3, -0.25) is 19.7 Å². The zero-order valence-electron chi connectivity index (χ0n) is 22.4. The number of anilines is 2. The van der Waals surface area contributed by atoms with E-state index in [9.17, 15) is 18.8 Å². The molecule has 0 saturated carbocycles. The molecular weight excluding hydrogens is 475 g/mol. The second kappa shape index (κ2) is 11.4. The third-order valence-corrected chi connectivity index (χ3v) is 7.31. The van der Waals surface area contributed by atoms with Gasteiger partial charge in [-0.05, 0) is 64.8 Å². The lowest BCUT2D eigenvalue weighted by Crippen LogP contribution is -2.72. The van der Waals surface area contributed by atoms with Gasteiger partial charge in [-0.2, -0.15) is 0 Å². The first-order valence-electron chi connectivity index (χ1n) is 13.6. The molecule has 204 valence electrons. The van der Waals surface area contributed by atoms with Gasteiger partial charge in [0.05, 0.1) is 5.69 Å². The molecule has 4 rings (SSSR count). The van der Waals surface area contributed by atoms with Gasteiger partial charge in [0.1, 0.15) is 17.5 Å². The van der Waals surface area contributed by atoms with E-state index in [2.05, 4.69) is 20.4 Å². The lowest BCUT2D eigenvalue weighted by atomic mass is 9.72. The molecule has 0 aliphatic carbocycles. The Morgan fingerprint density at radius 1 is 1.11 bits per heavy atom. The van der Waals surface area contributed by atoms with Gasteiger partial charge < -0.3 is 19.9 Å². The first-order valence-corrected chi connectivity index (χ1v) is 13.6. The molecule has 1 aromatic carbocycles. The topological polar surface area (TPSA) is 91.0 Å². The molecule has 0 aromatic heterocycles. The van der Waals surface area contributed by atoms with Crippen molar-refractivity contribution in [3.63, 3.8) is 0 Å². The largest absolute Gasteiger partial charge is 0.460 e. The number of likely N-dealkylation sites (tertiary alicyclic amines) is 1. The van der Waals surface area contributed by atoms with Crippen LogP contribution in [0.1, 0.15) is 72.1 Å². The fourth-order valence-corrected chi connectivity index (χ4v) is 5.61. The molecule has 0 radical (unpaired) electrons. The number of rotatable bonds is 11. The Bertz CT molecular complexity index is 994. The number of esters is 1. The summed E-state index contributed by atoms with van der Waals surface area (Å²) in [5, 5.41) is 5.35. The minimum absolute atomic E-state index is 0.104. The first kappa shape index (κ1) is 27.4. The Labute approximate surface area is 219 Å². The van der Waals surface area contributed by atoms with Crippen LogP contribution in [0.15, 0.2) is 18.2 Å². The predicted molar refractivity (Wildman–Crippen MR) is 141 cm³/mol. The Kier molecular flexibility index (Phi) is 8.41. The average Bonchev–Trinajstić information content (AvgIpc) is 2.74. The molecule has 8 nitrogen and oxygen atoms in total. The number of nitrogens with one attached hydrogen (secondary N) is 2.